The number of methoxy groups -OCH3 is 1. The number of amides is 3. The van der Waals surface area contributed by atoms with Crippen molar-refractivity contribution in [3.05, 3.63) is 84.0 Å². The summed E-state index contributed by atoms with van der Waals surface area (Å²) in [4.78, 5) is 66.0. The standard InChI is InChI=1S/C39H40N8O6S/c1-53-26-15-13-23(14-16-26)32-33(36-40-17-18-54-36)45-47(44-32)25-19-31-35(49)43-39(38(51)52)20-24(39)9-5-3-2-4-6-12-30(37(50)46(31)22-25)42-34(48)28-21-41-29-11-8-7-10-27(28)29/h5,7-11,13-18,21,24-25,30-31,41H,2-4,6,12,19-20,22H2,1H3,(H,42,48)(H,43,49)(H,51,52)/b9-5-/t24?,25-,30?,31?,39?/m1/s1. The van der Waals surface area contributed by atoms with Crippen molar-refractivity contribution in [1.29, 1.82) is 0 Å². The lowest BCUT2D eigenvalue weighted by molar-refractivity contribution is -0.145. The zero-order valence-electron chi connectivity index (χ0n) is 29.6. The molecule has 0 radical (unpaired) electrons. The monoisotopic (exact) mass is 748 g/mol. The summed E-state index contributed by atoms with van der Waals surface area (Å²) in [7, 11) is 1.59. The normalized spacial score (nSPS) is 25.2. The molecular weight excluding hydrogens is 709 g/mol. The van der Waals surface area contributed by atoms with Crippen molar-refractivity contribution in [2.75, 3.05) is 13.7 Å². The first-order chi connectivity index (χ1) is 26.3. The smallest absolute Gasteiger partial charge is 0.330 e. The Morgan fingerprint density at radius 3 is 2.65 bits per heavy atom. The van der Waals surface area contributed by atoms with Crippen LogP contribution >= 0.6 is 11.3 Å². The third-order valence-electron chi connectivity index (χ3n) is 10.7. The summed E-state index contributed by atoms with van der Waals surface area (Å²) in [6.07, 6.45) is 11.0. The summed E-state index contributed by atoms with van der Waals surface area (Å²) < 4.78 is 5.35. The summed E-state index contributed by atoms with van der Waals surface area (Å²) in [6, 6.07) is 12.4. The summed E-state index contributed by atoms with van der Waals surface area (Å²) in [5, 5.41) is 29.1. The lowest BCUT2D eigenvalue weighted by atomic mass is 10.0. The van der Waals surface area contributed by atoms with E-state index in [4.69, 9.17) is 14.9 Å². The van der Waals surface area contributed by atoms with Crippen LogP contribution in [0.25, 0.3) is 32.9 Å². The molecule has 3 aromatic heterocycles. The van der Waals surface area contributed by atoms with Gasteiger partial charge in [-0.2, -0.15) is 9.90 Å². The molecule has 54 heavy (non-hydrogen) atoms. The maximum absolute atomic E-state index is 14.7. The zero-order chi connectivity index (χ0) is 37.4. The van der Waals surface area contributed by atoms with Crippen molar-refractivity contribution < 1.29 is 29.0 Å². The minimum absolute atomic E-state index is 0.0633. The zero-order valence-corrected chi connectivity index (χ0v) is 30.4. The molecular formula is C39H40N8O6S. The van der Waals surface area contributed by atoms with Gasteiger partial charge in [0.1, 0.15) is 39.8 Å². The largest absolute Gasteiger partial charge is 0.497 e. The SMILES string of the molecule is COc1ccc(-c2nn([C@@H]3CC4C(=O)NC5(C(=O)O)CC5/C=C\CCCCCC(NC(=O)c5c[nH]c6ccccc56)C(=O)N4C3)nc2-c2nccs2)cc1. The fourth-order valence-corrected chi connectivity index (χ4v) is 8.28. The highest BCUT2D eigenvalue weighted by molar-refractivity contribution is 7.13. The lowest BCUT2D eigenvalue weighted by Crippen LogP contribution is -2.56. The van der Waals surface area contributed by atoms with Crippen LogP contribution in [0, 0.1) is 5.92 Å². The average Bonchev–Trinajstić information content (AvgIpc) is 3.79. The number of hydrogen-bond donors (Lipinski definition) is 4. The predicted molar refractivity (Wildman–Crippen MR) is 201 cm³/mol. The van der Waals surface area contributed by atoms with Gasteiger partial charge < -0.3 is 30.4 Å². The van der Waals surface area contributed by atoms with E-state index in [1.807, 2.05) is 66.1 Å². The second-order valence-electron chi connectivity index (χ2n) is 14.1. The first-order valence-electron chi connectivity index (χ1n) is 18.2. The van der Waals surface area contributed by atoms with Crippen molar-refractivity contribution in [3.8, 4) is 27.7 Å². The molecule has 8 rings (SSSR count). The molecule has 1 saturated heterocycles. The van der Waals surface area contributed by atoms with Gasteiger partial charge in [0, 0.05) is 53.1 Å². The Hall–Kier alpha value is -5.83. The van der Waals surface area contributed by atoms with Gasteiger partial charge in [0.25, 0.3) is 5.91 Å². The predicted octanol–water partition coefficient (Wildman–Crippen LogP) is 4.98. The van der Waals surface area contributed by atoms with Crippen molar-refractivity contribution in [1.82, 2.24) is 40.5 Å². The number of thiazole rings is 1. The van der Waals surface area contributed by atoms with Crippen molar-refractivity contribution in [2.24, 2.45) is 5.92 Å². The molecule has 5 atom stereocenters. The third kappa shape index (κ3) is 6.63. The number of nitrogens with one attached hydrogen (secondary N) is 3. The van der Waals surface area contributed by atoms with Gasteiger partial charge in [0.05, 0.1) is 18.7 Å². The first-order valence-corrected chi connectivity index (χ1v) is 19.0. The molecule has 5 aromatic rings. The van der Waals surface area contributed by atoms with Crippen LogP contribution in [0.5, 0.6) is 5.75 Å². The van der Waals surface area contributed by atoms with Gasteiger partial charge in [-0.25, -0.2) is 9.78 Å². The summed E-state index contributed by atoms with van der Waals surface area (Å²) >= 11 is 1.42. The molecule has 4 N–H and O–H groups in total. The minimum Gasteiger partial charge on any atom is -0.497 e. The molecule has 2 fully saturated rings. The van der Waals surface area contributed by atoms with Gasteiger partial charge in [-0.15, -0.1) is 16.4 Å². The topological polar surface area (TPSA) is 184 Å². The Labute approximate surface area is 314 Å². The number of nitrogens with zero attached hydrogens (tertiary/aromatic N) is 5. The van der Waals surface area contributed by atoms with Crippen molar-refractivity contribution in [2.45, 2.75) is 68.6 Å². The lowest BCUT2D eigenvalue weighted by Gasteiger charge is -2.29. The quantitative estimate of drug-likeness (QED) is 0.167. The van der Waals surface area contributed by atoms with Crippen LogP contribution in [-0.4, -0.2) is 89.9 Å². The number of fused-ring (bicyclic) bond motifs is 3. The van der Waals surface area contributed by atoms with E-state index in [2.05, 4.69) is 20.6 Å². The number of benzene rings is 2. The Kier molecular flexibility index (Phi) is 9.48. The van der Waals surface area contributed by atoms with Crippen LogP contribution in [0.4, 0.5) is 0 Å². The molecule has 2 aromatic carbocycles. The number of hydrogen-bond acceptors (Lipinski definition) is 9. The van der Waals surface area contributed by atoms with E-state index in [1.54, 1.807) is 19.5 Å². The fraction of sp³-hybridized carbons (Fsp3) is 0.359. The van der Waals surface area contributed by atoms with Crippen LogP contribution in [0.3, 0.4) is 0 Å². The average molecular weight is 749 g/mol. The maximum Gasteiger partial charge on any atom is 0.330 e. The highest BCUT2D eigenvalue weighted by Gasteiger charge is 2.61. The van der Waals surface area contributed by atoms with Gasteiger partial charge in [0.15, 0.2) is 0 Å². The number of aromatic nitrogens is 5. The molecule has 3 amide bonds. The van der Waals surface area contributed by atoms with Crippen molar-refractivity contribution in [3.63, 3.8) is 0 Å². The molecule has 5 heterocycles. The fourth-order valence-electron chi connectivity index (χ4n) is 7.65. The van der Waals surface area contributed by atoms with E-state index in [9.17, 15) is 24.3 Å². The molecule has 14 nitrogen and oxygen atoms in total. The van der Waals surface area contributed by atoms with Crippen LogP contribution in [0.2, 0.25) is 0 Å². The number of carboxylic acid groups (broad SMARTS) is 1. The van der Waals surface area contributed by atoms with E-state index in [0.29, 0.717) is 40.6 Å². The maximum atomic E-state index is 14.7. The minimum atomic E-state index is -1.45. The number of para-hydroxylation sites is 1. The second-order valence-corrected chi connectivity index (χ2v) is 15.0. The van der Waals surface area contributed by atoms with Crippen LogP contribution in [0.1, 0.15) is 61.3 Å². The van der Waals surface area contributed by atoms with E-state index in [0.717, 1.165) is 35.7 Å². The number of allylic oxidation sites excluding steroid dienone is 1. The number of carboxylic acids is 1. The Balaban J connectivity index is 1.14. The molecule has 0 bridgehead atoms. The molecule has 1 saturated carbocycles. The van der Waals surface area contributed by atoms with Crippen molar-refractivity contribution >= 4 is 45.9 Å². The van der Waals surface area contributed by atoms with Gasteiger partial charge in [-0.05, 0) is 56.0 Å². The molecule has 1 aliphatic carbocycles. The highest BCUT2D eigenvalue weighted by Crippen LogP contribution is 2.46. The Bertz CT molecular complexity index is 2230. The Morgan fingerprint density at radius 1 is 1.06 bits per heavy atom. The first kappa shape index (κ1) is 35.2. The summed E-state index contributed by atoms with van der Waals surface area (Å²) in [5.41, 5.74) is 1.67. The molecule has 278 valence electrons. The van der Waals surface area contributed by atoms with E-state index in [-0.39, 0.29) is 25.3 Å². The number of rotatable bonds is 7. The van der Waals surface area contributed by atoms with E-state index < -0.39 is 47.4 Å². The van der Waals surface area contributed by atoms with E-state index >= 15 is 0 Å². The summed E-state index contributed by atoms with van der Waals surface area (Å²) in [6.45, 7) is 0.0633. The van der Waals surface area contributed by atoms with Crippen LogP contribution < -0.4 is 15.4 Å². The number of H-pyrrole nitrogens is 1. The highest BCUT2D eigenvalue weighted by atomic mass is 32.1. The number of aliphatic carboxylic acids is 1. The molecule has 4 unspecified atom stereocenters. The number of carbonyl (C=O) groups excluding carboxylic acids is 3. The molecule has 2 aliphatic heterocycles. The third-order valence-corrected chi connectivity index (χ3v) is 11.5. The van der Waals surface area contributed by atoms with E-state index in [1.165, 1.54) is 21.0 Å². The number of aromatic amines is 1. The number of carbonyl (C=O) groups is 4. The van der Waals surface area contributed by atoms with Crippen LogP contribution in [-0.2, 0) is 14.4 Å². The van der Waals surface area contributed by atoms with Gasteiger partial charge in [-0.1, -0.05) is 43.2 Å². The van der Waals surface area contributed by atoms with Gasteiger partial charge in [-0.3, -0.25) is 14.4 Å². The molecule has 0 spiro atoms. The van der Waals surface area contributed by atoms with Gasteiger partial charge in [0.2, 0.25) is 11.8 Å². The summed E-state index contributed by atoms with van der Waals surface area (Å²) in [5.74, 6) is -2.17. The molecule has 15 heteroatoms. The molecule has 3 aliphatic rings. The van der Waals surface area contributed by atoms with Crippen LogP contribution in [0.15, 0.2) is 78.5 Å². The van der Waals surface area contributed by atoms with Gasteiger partial charge >= 0.3 is 5.97 Å². The number of ether oxygens (including phenoxy) is 1. The second kappa shape index (κ2) is 14.5. The Morgan fingerprint density at radius 2 is 1.87 bits per heavy atom.